The third-order valence-electron chi connectivity index (χ3n) is 4.61. The van der Waals surface area contributed by atoms with E-state index >= 15 is 0 Å². The van der Waals surface area contributed by atoms with Crippen LogP contribution in [0.15, 0.2) is 18.3 Å². The Bertz CT molecular complexity index is 610. The lowest BCUT2D eigenvalue weighted by Crippen LogP contribution is -2.61. The number of carbonyl (C=O) groups excluding carboxylic acids is 1. The molecule has 2 N–H and O–H groups in total. The Morgan fingerprint density at radius 2 is 2.26 bits per heavy atom. The molecule has 2 heterocycles. The fourth-order valence-electron chi connectivity index (χ4n) is 2.99. The van der Waals surface area contributed by atoms with Gasteiger partial charge in [0.1, 0.15) is 11.4 Å². The van der Waals surface area contributed by atoms with Crippen molar-refractivity contribution >= 4 is 23.3 Å². The highest BCUT2D eigenvalue weighted by atomic mass is 35.5. The Balaban J connectivity index is 1.62. The minimum absolute atomic E-state index is 0.0479. The first-order valence-electron chi connectivity index (χ1n) is 7.60. The summed E-state index contributed by atoms with van der Waals surface area (Å²) in [6, 6.07) is 2.99. The van der Waals surface area contributed by atoms with Crippen molar-refractivity contribution in [2.45, 2.75) is 43.2 Å². The molecule has 0 radical (unpaired) electrons. The Labute approximate surface area is 137 Å². The zero-order valence-corrected chi connectivity index (χ0v) is 13.2. The molecule has 1 unspecified atom stereocenters. The van der Waals surface area contributed by atoms with Crippen molar-refractivity contribution in [3.8, 4) is 0 Å². The number of nitrogens with zero attached hydrogens (tertiary/aromatic N) is 2. The SMILES string of the molecule is O=C(NC1CCN(c2ncccc2Cl)C1)C(F)(F)C1(O)CCC1. The van der Waals surface area contributed by atoms with Gasteiger partial charge in [-0.15, -0.1) is 0 Å². The molecular formula is C15H18ClF2N3O2. The fourth-order valence-corrected chi connectivity index (χ4v) is 3.23. The van der Waals surface area contributed by atoms with E-state index in [4.69, 9.17) is 11.6 Å². The number of aliphatic hydroxyl groups is 1. The largest absolute Gasteiger partial charge is 0.383 e. The van der Waals surface area contributed by atoms with Crippen molar-refractivity contribution < 1.29 is 18.7 Å². The summed E-state index contributed by atoms with van der Waals surface area (Å²) in [5.41, 5.74) is -2.19. The minimum atomic E-state index is -3.76. The summed E-state index contributed by atoms with van der Waals surface area (Å²) in [7, 11) is 0. The van der Waals surface area contributed by atoms with E-state index in [1.807, 2.05) is 4.90 Å². The van der Waals surface area contributed by atoms with Crippen molar-refractivity contribution in [3.63, 3.8) is 0 Å². The summed E-state index contributed by atoms with van der Waals surface area (Å²) in [5, 5.41) is 12.6. The molecule has 0 spiro atoms. The van der Waals surface area contributed by atoms with Gasteiger partial charge in [0.25, 0.3) is 5.91 Å². The van der Waals surface area contributed by atoms with Crippen LogP contribution in [0.3, 0.4) is 0 Å². The summed E-state index contributed by atoms with van der Waals surface area (Å²) < 4.78 is 28.2. The number of nitrogens with one attached hydrogen (secondary N) is 1. The van der Waals surface area contributed by atoms with Crippen LogP contribution in [0.25, 0.3) is 0 Å². The minimum Gasteiger partial charge on any atom is -0.383 e. The molecule has 8 heteroatoms. The number of pyridine rings is 1. The second-order valence-electron chi connectivity index (χ2n) is 6.17. The van der Waals surface area contributed by atoms with E-state index in [0.29, 0.717) is 36.8 Å². The summed E-state index contributed by atoms with van der Waals surface area (Å²) in [5.74, 6) is -4.59. The third kappa shape index (κ3) is 2.87. The standard InChI is InChI=1S/C15H18ClF2N3O2/c16-11-3-1-7-19-12(11)21-8-4-10(9-21)20-13(22)15(17,18)14(23)5-2-6-14/h1,3,7,10,23H,2,4-6,8-9H2,(H,20,22). The molecule has 1 saturated carbocycles. The molecule has 2 fully saturated rings. The van der Waals surface area contributed by atoms with Crippen LogP contribution in [0.2, 0.25) is 5.02 Å². The quantitative estimate of drug-likeness (QED) is 0.875. The van der Waals surface area contributed by atoms with Crippen LogP contribution < -0.4 is 10.2 Å². The Kier molecular flexibility index (Phi) is 4.18. The number of hydrogen-bond acceptors (Lipinski definition) is 4. The monoisotopic (exact) mass is 345 g/mol. The Hall–Kier alpha value is -1.47. The van der Waals surface area contributed by atoms with Gasteiger partial charge in [0, 0.05) is 25.3 Å². The highest BCUT2D eigenvalue weighted by molar-refractivity contribution is 6.32. The first-order chi connectivity index (χ1) is 10.8. The van der Waals surface area contributed by atoms with Gasteiger partial charge >= 0.3 is 5.92 Å². The number of halogens is 3. The van der Waals surface area contributed by atoms with Crippen molar-refractivity contribution in [3.05, 3.63) is 23.4 Å². The average Bonchev–Trinajstić information content (AvgIpc) is 2.93. The molecule has 1 amide bonds. The van der Waals surface area contributed by atoms with E-state index in [2.05, 4.69) is 10.3 Å². The molecule has 1 saturated heterocycles. The molecule has 3 rings (SSSR count). The average molecular weight is 346 g/mol. The second kappa shape index (κ2) is 5.87. The van der Waals surface area contributed by atoms with Crippen LogP contribution >= 0.6 is 11.6 Å². The number of amides is 1. The lowest BCUT2D eigenvalue weighted by molar-refractivity contribution is -0.216. The van der Waals surface area contributed by atoms with Crippen molar-refractivity contribution in [2.24, 2.45) is 0 Å². The van der Waals surface area contributed by atoms with Gasteiger partial charge < -0.3 is 15.3 Å². The first kappa shape index (κ1) is 16.4. The van der Waals surface area contributed by atoms with E-state index in [1.165, 1.54) is 0 Å². The lowest BCUT2D eigenvalue weighted by Gasteiger charge is -2.41. The third-order valence-corrected chi connectivity index (χ3v) is 4.91. The van der Waals surface area contributed by atoms with Crippen molar-refractivity contribution in [2.75, 3.05) is 18.0 Å². The van der Waals surface area contributed by atoms with Crippen molar-refractivity contribution in [1.29, 1.82) is 0 Å². The summed E-state index contributed by atoms with van der Waals surface area (Å²) >= 11 is 6.07. The van der Waals surface area contributed by atoms with Crippen molar-refractivity contribution in [1.82, 2.24) is 10.3 Å². The normalized spacial score (nSPS) is 23.5. The van der Waals surface area contributed by atoms with Crippen LogP contribution in [0.5, 0.6) is 0 Å². The maximum Gasteiger partial charge on any atom is 0.352 e. The van der Waals surface area contributed by atoms with E-state index in [9.17, 15) is 18.7 Å². The van der Waals surface area contributed by atoms with Gasteiger partial charge in [0.2, 0.25) is 0 Å². The number of hydrogen-bond donors (Lipinski definition) is 2. The first-order valence-corrected chi connectivity index (χ1v) is 7.98. The number of aromatic nitrogens is 1. The van der Waals surface area contributed by atoms with Gasteiger partial charge in [-0.05, 0) is 37.8 Å². The van der Waals surface area contributed by atoms with Gasteiger partial charge in [0.15, 0.2) is 0 Å². The summed E-state index contributed by atoms with van der Waals surface area (Å²) in [6.45, 7) is 0.925. The number of rotatable bonds is 4. The molecule has 2 aliphatic rings. The van der Waals surface area contributed by atoms with E-state index in [-0.39, 0.29) is 12.8 Å². The van der Waals surface area contributed by atoms with E-state index < -0.39 is 23.5 Å². The second-order valence-corrected chi connectivity index (χ2v) is 6.58. The number of carbonyl (C=O) groups is 1. The highest BCUT2D eigenvalue weighted by Crippen LogP contribution is 2.44. The number of alkyl halides is 2. The predicted molar refractivity (Wildman–Crippen MR) is 81.8 cm³/mol. The van der Waals surface area contributed by atoms with Crippen LogP contribution in [-0.2, 0) is 4.79 Å². The van der Waals surface area contributed by atoms with E-state index in [1.54, 1.807) is 18.3 Å². The van der Waals surface area contributed by atoms with Gasteiger partial charge in [-0.2, -0.15) is 8.78 Å². The van der Waals surface area contributed by atoms with Crippen LogP contribution in [0.1, 0.15) is 25.7 Å². The fraction of sp³-hybridized carbons (Fsp3) is 0.600. The zero-order chi connectivity index (χ0) is 16.7. The molecule has 1 aliphatic heterocycles. The molecule has 1 aromatic rings. The van der Waals surface area contributed by atoms with Gasteiger partial charge in [-0.25, -0.2) is 4.98 Å². The molecule has 5 nitrogen and oxygen atoms in total. The van der Waals surface area contributed by atoms with Gasteiger partial charge in [-0.1, -0.05) is 11.6 Å². The molecule has 0 aromatic carbocycles. The molecule has 1 aromatic heterocycles. The molecule has 126 valence electrons. The molecule has 0 bridgehead atoms. The predicted octanol–water partition coefficient (Wildman–Crippen LogP) is 1.98. The topological polar surface area (TPSA) is 65.5 Å². The number of anilines is 1. The van der Waals surface area contributed by atoms with E-state index in [0.717, 1.165) is 0 Å². The highest BCUT2D eigenvalue weighted by Gasteiger charge is 2.61. The summed E-state index contributed by atoms with van der Waals surface area (Å²) in [4.78, 5) is 17.9. The van der Waals surface area contributed by atoms with Crippen LogP contribution in [0.4, 0.5) is 14.6 Å². The maximum atomic E-state index is 14.1. The smallest absolute Gasteiger partial charge is 0.352 e. The zero-order valence-electron chi connectivity index (χ0n) is 12.4. The van der Waals surface area contributed by atoms with Gasteiger partial charge in [0.05, 0.1) is 5.02 Å². The molecule has 23 heavy (non-hydrogen) atoms. The maximum absolute atomic E-state index is 14.1. The van der Waals surface area contributed by atoms with Crippen LogP contribution in [0, 0.1) is 0 Å². The molecule has 1 aliphatic carbocycles. The Morgan fingerprint density at radius 3 is 2.87 bits per heavy atom. The molecule has 1 atom stereocenters. The lowest BCUT2D eigenvalue weighted by atomic mass is 9.75. The Morgan fingerprint density at radius 1 is 1.52 bits per heavy atom. The van der Waals surface area contributed by atoms with Gasteiger partial charge in [-0.3, -0.25) is 4.79 Å². The summed E-state index contributed by atoms with van der Waals surface area (Å²) in [6.07, 6.45) is 2.54. The molecular weight excluding hydrogens is 328 g/mol. The van der Waals surface area contributed by atoms with Crippen LogP contribution in [-0.4, -0.2) is 46.7 Å².